The summed E-state index contributed by atoms with van der Waals surface area (Å²) in [5.74, 6) is -0.193. The summed E-state index contributed by atoms with van der Waals surface area (Å²) >= 11 is 0. The molecule has 1 rings (SSSR count). The summed E-state index contributed by atoms with van der Waals surface area (Å²) in [6.45, 7) is 3.46. The molecule has 6 nitrogen and oxygen atoms in total. The smallest absolute Gasteiger partial charge is 0.226 e. The van der Waals surface area contributed by atoms with Gasteiger partial charge in [0.25, 0.3) is 0 Å². The van der Waals surface area contributed by atoms with Gasteiger partial charge >= 0.3 is 0 Å². The zero-order valence-corrected chi connectivity index (χ0v) is 14.0. The number of benzene rings is 1. The zero-order chi connectivity index (χ0) is 17.2. The first-order valence-electron chi connectivity index (χ1n) is 7.62. The molecule has 0 aliphatic carbocycles. The molecule has 0 spiro atoms. The minimum Gasteiger partial charge on any atom is -0.342 e. The molecule has 0 unspecified atom stereocenters. The van der Waals surface area contributed by atoms with E-state index in [9.17, 15) is 9.59 Å². The number of rotatable bonds is 8. The fraction of sp³-hybridized carbons (Fsp3) is 0.471. The van der Waals surface area contributed by atoms with Crippen molar-refractivity contribution in [2.75, 3.05) is 39.0 Å². The maximum Gasteiger partial charge on any atom is 0.226 e. The van der Waals surface area contributed by atoms with Gasteiger partial charge in [-0.05, 0) is 45.3 Å². The van der Waals surface area contributed by atoms with Gasteiger partial charge in [-0.1, -0.05) is 6.07 Å². The molecule has 1 N–H and O–H groups in total. The maximum absolute atomic E-state index is 12.0. The van der Waals surface area contributed by atoms with E-state index in [1.165, 1.54) is 6.92 Å². The molecule has 6 heteroatoms. The van der Waals surface area contributed by atoms with Crippen LogP contribution in [0.5, 0.6) is 0 Å². The standard InChI is InChI=1S/C17H24N4O2/c1-14(22)21(10-5-9-20(2)3)11-8-17(23)19-16-7-4-6-15(12-16)13-18/h4,6-7,12H,5,8-11H2,1-3H3,(H,19,23). The highest BCUT2D eigenvalue weighted by Crippen LogP contribution is 2.10. The lowest BCUT2D eigenvalue weighted by atomic mass is 10.2. The van der Waals surface area contributed by atoms with E-state index in [2.05, 4.69) is 10.2 Å². The van der Waals surface area contributed by atoms with Gasteiger partial charge in [0.05, 0.1) is 11.6 Å². The summed E-state index contributed by atoms with van der Waals surface area (Å²) < 4.78 is 0. The Morgan fingerprint density at radius 2 is 1.96 bits per heavy atom. The lowest BCUT2D eigenvalue weighted by molar-refractivity contribution is -0.129. The summed E-state index contributed by atoms with van der Waals surface area (Å²) in [4.78, 5) is 27.4. The van der Waals surface area contributed by atoms with E-state index < -0.39 is 0 Å². The second kappa shape index (κ2) is 9.59. The van der Waals surface area contributed by atoms with Gasteiger partial charge < -0.3 is 15.1 Å². The molecule has 1 aromatic rings. The van der Waals surface area contributed by atoms with Crippen molar-refractivity contribution in [2.24, 2.45) is 0 Å². The number of hydrogen-bond donors (Lipinski definition) is 1. The number of carbonyl (C=O) groups excluding carboxylic acids is 2. The predicted octanol–water partition coefficient (Wildman–Crippen LogP) is 1.69. The Bertz CT molecular complexity index is 578. The molecule has 2 amide bonds. The molecular weight excluding hydrogens is 292 g/mol. The Hall–Kier alpha value is -2.39. The van der Waals surface area contributed by atoms with Crippen molar-refractivity contribution in [1.29, 1.82) is 5.26 Å². The Labute approximate surface area is 137 Å². The zero-order valence-electron chi connectivity index (χ0n) is 14.0. The van der Waals surface area contributed by atoms with E-state index in [0.29, 0.717) is 24.3 Å². The number of nitriles is 1. The average molecular weight is 316 g/mol. The van der Waals surface area contributed by atoms with Crippen LogP contribution >= 0.6 is 0 Å². The SMILES string of the molecule is CC(=O)N(CCCN(C)C)CCC(=O)Nc1cccc(C#N)c1. The molecule has 0 radical (unpaired) electrons. The van der Waals surface area contributed by atoms with Gasteiger partial charge in [-0.25, -0.2) is 0 Å². The van der Waals surface area contributed by atoms with Crippen LogP contribution < -0.4 is 5.32 Å². The van der Waals surface area contributed by atoms with E-state index in [4.69, 9.17) is 5.26 Å². The first kappa shape index (κ1) is 18.7. The normalized spacial score (nSPS) is 10.2. The summed E-state index contributed by atoms with van der Waals surface area (Å²) in [6, 6.07) is 8.79. The highest BCUT2D eigenvalue weighted by atomic mass is 16.2. The third-order valence-electron chi connectivity index (χ3n) is 3.36. The Kier molecular flexibility index (Phi) is 7.78. The van der Waals surface area contributed by atoms with Crippen LogP contribution in [0.3, 0.4) is 0 Å². The fourth-order valence-electron chi connectivity index (χ4n) is 2.13. The molecule has 0 saturated heterocycles. The number of anilines is 1. The van der Waals surface area contributed by atoms with Crippen molar-refractivity contribution in [1.82, 2.24) is 9.80 Å². The van der Waals surface area contributed by atoms with Gasteiger partial charge in [0.2, 0.25) is 11.8 Å². The van der Waals surface area contributed by atoms with Crippen molar-refractivity contribution in [3.63, 3.8) is 0 Å². The van der Waals surface area contributed by atoms with Crippen LogP contribution in [0.15, 0.2) is 24.3 Å². The monoisotopic (exact) mass is 316 g/mol. The van der Waals surface area contributed by atoms with Crippen molar-refractivity contribution in [3.8, 4) is 6.07 Å². The van der Waals surface area contributed by atoms with Crippen molar-refractivity contribution in [2.45, 2.75) is 19.8 Å². The summed E-state index contributed by atoms with van der Waals surface area (Å²) in [5.41, 5.74) is 1.09. The highest BCUT2D eigenvalue weighted by molar-refractivity contribution is 5.91. The minimum atomic E-state index is -0.168. The number of carbonyl (C=O) groups is 2. The molecule has 0 aliphatic rings. The van der Waals surface area contributed by atoms with Crippen LogP contribution in [-0.4, -0.2) is 55.3 Å². The van der Waals surface area contributed by atoms with Gasteiger partial charge in [-0.3, -0.25) is 9.59 Å². The first-order chi connectivity index (χ1) is 10.9. The molecular formula is C17H24N4O2. The van der Waals surface area contributed by atoms with Gasteiger partial charge in [0.1, 0.15) is 0 Å². The number of nitrogens with zero attached hydrogens (tertiary/aromatic N) is 3. The lowest BCUT2D eigenvalue weighted by Gasteiger charge is -2.21. The predicted molar refractivity (Wildman–Crippen MR) is 89.8 cm³/mol. The van der Waals surface area contributed by atoms with Crippen LogP contribution in [0, 0.1) is 11.3 Å². The quantitative estimate of drug-likeness (QED) is 0.792. The van der Waals surface area contributed by atoms with Gasteiger partial charge in [-0.15, -0.1) is 0 Å². The van der Waals surface area contributed by atoms with Gasteiger partial charge in [0.15, 0.2) is 0 Å². The molecule has 0 aromatic heterocycles. The van der Waals surface area contributed by atoms with Crippen molar-refractivity contribution < 1.29 is 9.59 Å². The fourth-order valence-corrected chi connectivity index (χ4v) is 2.13. The van der Waals surface area contributed by atoms with Crippen molar-refractivity contribution in [3.05, 3.63) is 29.8 Å². The van der Waals surface area contributed by atoms with Crippen LogP contribution in [-0.2, 0) is 9.59 Å². The van der Waals surface area contributed by atoms with Crippen LogP contribution in [0.25, 0.3) is 0 Å². The Balaban J connectivity index is 2.45. The van der Waals surface area contributed by atoms with Crippen LogP contribution in [0.4, 0.5) is 5.69 Å². The van der Waals surface area contributed by atoms with E-state index >= 15 is 0 Å². The van der Waals surface area contributed by atoms with Gasteiger partial charge in [0, 0.05) is 32.1 Å². The minimum absolute atomic E-state index is 0.0250. The number of nitrogens with one attached hydrogen (secondary N) is 1. The third kappa shape index (κ3) is 7.43. The second-order valence-electron chi connectivity index (χ2n) is 5.65. The molecule has 0 bridgehead atoms. The summed E-state index contributed by atoms with van der Waals surface area (Å²) in [5, 5.41) is 11.6. The van der Waals surface area contributed by atoms with E-state index in [-0.39, 0.29) is 18.2 Å². The largest absolute Gasteiger partial charge is 0.342 e. The van der Waals surface area contributed by atoms with Crippen LogP contribution in [0.2, 0.25) is 0 Å². The topological polar surface area (TPSA) is 76.4 Å². The molecule has 0 saturated carbocycles. The molecule has 0 atom stereocenters. The molecule has 1 aromatic carbocycles. The Morgan fingerprint density at radius 3 is 2.57 bits per heavy atom. The molecule has 0 aliphatic heterocycles. The number of hydrogen-bond acceptors (Lipinski definition) is 4. The van der Waals surface area contributed by atoms with Gasteiger partial charge in [-0.2, -0.15) is 5.26 Å². The van der Waals surface area contributed by atoms with Crippen LogP contribution in [0.1, 0.15) is 25.3 Å². The first-order valence-corrected chi connectivity index (χ1v) is 7.62. The summed E-state index contributed by atoms with van der Waals surface area (Å²) in [7, 11) is 3.97. The van der Waals surface area contributed by atoms with Crippen molar-refractivity contribution >= 4 is 17.5 Å². The third-order valence-corrected chi connectivity index (χ3v) is 3.36. The van der Waals surface area contributed by atoms with E-state index in [1.54, 1.807) is 29.2 Å². The molecule has 0 fully saturated rings. The average Bonchev–Trinajstić information content (AvgIpc) is 2.50. The Morgan fingerprint density at radius 1 is 1.22 bits per heavy atom. The number of amides is 2. The maximum atomic E-state index is 12.0. The second-order valence-corrected chi connectivity index (χ2v) is 5.65. The van der Waals surface area contributed by atoms with E-state index in [1.807, 2.05) is 20.2 Å². The molecule has 23 heavy (non-hydrogen) atoms. The molecule has 124 valence electrons. The lowest BCUT2D eigenvalue weighted by Crippen LogP contribution is -2.34. The highest BCUT2D eigenvalue weighted by Gasteiger charge is 2.11. The summed E-state index contributed by atoms with van der Waals surface area (Å²) in [6.07, 6.45) is 1.11. The molecule has 0 heterocycles. The van der Waals surface area contributed by atoms with E-state index in [0.717, 1.165) is 13.0 Å².